The van der Waals surface area contributed by atoms with Gasteiger partial charge in [-0.05, 0) is 25.2 Å². The second kappa shape index (κ2) is 3.92. The molecule has 2 aliphatic carbocycles. The summed E-state index contributed by atoms with van der Waals surface area (Å²) in [6, 6.07) is 0. The van der Waals surface area contributed by atoms with Crippen molar-refractivity contribution in [1.82, 2.24) is 9.97 Å². The molecule has 19 heavy (non-hydrogen) atoms. The predicted molar refractivity (Wildman–Crippen MR) is 70.3 cm³/mol. The van der Waals surface area contributed by atoms with Crippen LogP contribution in [0.25, 0.3) is 0 Å². The summed E-state index contributed by atoms with van der Waals surface area (Å²) in [5, 5.41) is 0. The van der Waals surface area contributed by atoms with Gasteiger partial charge in [-0.3, -0.25) is 14.6 Å². The summed E-state index contributed by atoms with van der Waals surface area (Å²) >= 11 is 0. The molecule has 3 rings (SSSR count). The maximum Gasteiger partial charge on any atom is 0.325 e. The monoisotopic (exact) mass is 262 g/mol. The van der Waals surface area contributed by atoms with E-state index >= 15 is 0 Å². The molecule has 0 aliphatic heterocycles. The molecule has 0 unspecified atom stereocenters. The Morgan fingerprint density at radius 3 is 2.63 bits per heavy atom. The fraction of sp³-hybridized carbons (Fsp3) is 0.643. The van der Waals surface area contributed by atoms with Gasteiger partial charge in [0.15, 0.2) is 0 Å². The van der Waals surface area contributed by atoms with Gasteiger partial charge >= 0.3 is 5.69 Å². The number of aromatic nitrogens is 2. The minimum absolute atomic E-state index is 0.00897. The number of rotatable bonds is 0. The molecular formula is C14H18N2O3. The SMILES string of the molecule is C[C@@H]1C(=O)CC[C@]2(C)c3[nH]c(=O)[nH]c(=O)c3CC[C@@H]12. The topological polar surface area (TPSA) is 82.8 Å². The van der Waals surface area contributed by atoms with Gasteiger partial charge in [0.1, 0.15) is 5.78 Å². The molecule has 1 heterocycles. The number of ketones is 1. The van der Waals surface area contributed by atoms with Crippen LogP contribution in [0.5, 0.6) is 0 Å². The van der Waals surface area contributed by atoms with Gasteiger partial charge in [0, 0.05) is 29.0 Å². The highest BCUT2D eigenvalue weighted by atomic mass is 16.2. The fourth-order valence-electron chi connectivity index (χ4n) is 3.99. The quantitative estimate of drug-likeness (QED) is 0.728. The first-order chi connectivity index (χ1) is 8.93. The second-order valence-electron chi connectivity index (χ2n) is 6.08. The van der Waals surface area contributed by atoms with Crippen molar-refractivity contribution in [3.05, 3.63) is 32.1 Å². The summed E-state index contributed by atoms with van der Waals surface area (Å²) in [4.78, 5) is 40.5. The van der Waals surface area contributed by atoms with Crippen molar-refractivity contribution in [3.63, 3.8) is 0 Å². The summed E-state index contributed by atoms with van der Waals surface area (Å²) in [6.45, 7) is 4.05. The number of hydrogen-bond donors (Lipinski definition) is 2. The van der Waals surface area contributed by atoms with Crippen molar-refractivity contribution in [1.29, 1.82) is 0 Å². The first-order valence-corrected chi connectivity index (χ1v) is 6.82. The van der Waals surface area contributed by atoms with E-state index in [4.69, 9.17) is 0 Å². The Morgan fingerprint density at radius 1 is 1.16 bits per heavy atom. The van der Waals surface area contributed by atoms with Gasteiger partial charge in [0.05, 0.1) is 0 Å². The van der Waals surface area contributed by atoms with E-state index in [1.54, 1.807) is 0 Å². The second-order valence-corrected chi connectivity index (χ2v) is 6.08. The zero-order valence-corrected chi connectivity index (χ0v) is 11.2. The highest BCUT2D eigenvalue weighted by molar-refractivity contribution is 5.82. The van der Waals surface area contributed by atoms with Crippen molar-refractivity contribution in [2.24, 2.45) is 11.8 Å². The summed E-state index contributed by atoms with van der Waals surface area (Å²) < 4.78 is 0. The van der Waals surface area contributed by atoms with Crippen molar-refractivity contribution in [2.75, 3.05) is 0 Å². The lowest BCUT2D eigenvalue weighted by Gasteiger charge is -2.47. The van der Waals surface area contributed by atoms with Gasteiger partial charge in [0.2, 0.25) is 0 Å². The van der Waals surface area contributed by atoms with Crippen LogP contribution in [0.1, 0.15) is 44.4 Å². The lowest BCUT2D eigenvalue weighted by molar-refractivity contribution is -0.128. The summed E-state index contributed by atoms with van der Waals surface area (Å²) in [7, 11) is 0. The number of Topliss-reactive ketones (excluding diaryl/α,β-unsaturated/α-hetero) is 1. The number of fused-ring (bicyclic) bond motifs is 3. The summed E-state index contributed by atoms with van der Waals surface area (Å²) in [6.07, 6.45) is 2.72. The smallest absolute Gasteiger partial charge is 0.310 e. The van der Waals surface area contributed by atoms with Crippen LogP contribution >= 0.6 is 0 Å². The molecule has 0 aromatic carbocycles. The third-order valence-corrected chi connectivity index (χ3v) is 5.14. The Hall–Kier alpha value is -1.65. The lowest BCUT2D eigenvalue weighted by atomic mass is 9.56. The Bertz CT molecular complexity index is 657. The van der Waals surface area contributed by atoms with Gasteiger partial charge in [0.25, 0.3) is 5.56 Å². The van der Waals surface area contributed by atoms with Crippen LogP contribution in [-0.4, -0.2) is 15.8 Å². The minimum Gasteiger partial charge on any atom is -0.310 e. The maximum absolute atomic E-state index is 11.9. The maximum atomic E-state index is 11.9. The molecule has 1 fully saturated rings. The lowest BCUT2D eigenvalue weighted by Crippen LogP contribution is -2.50. The average Bonchev–Trinajstić information content (AvgIpc) is 2.35. The summed E-state index contributed by atoms with van der Waals surface area (Å²) in [5.41, 5.74) is 0.476. The fourth-order valence-corrected chi connectivity index (χ4v) is 3.99. The normalized spacial score (nSPS) is 33.7. The van der Waals surface area contributed by atoms with E-state index in [0.717, 1.165) is 12.1 Å². The van der Waals surface area contributed by atoms with Crippen LogP contribution in [0, 0.1) is 11.8 Å². The number of carbonyl (C=O) groups excluding carboxylic acids is 1. The van der Waals surface area contributed by atoms with Gasteiger partial charge in [-0.2, -0.15) is 0 Å². The summed E-state index contributed by atoms with van der Waals surface area (Å²) in [5.74, 6) is 0.534. The molecular weight excluding hydrogens is 244 g/mol. The van der Waals surface area contributed by atoms with Crippen molar-refractivity contribution in [2.45, 2.75) is 44.9 Å². The van der Waals surface area contributed by atoms with E-state index < -0.39 is 5.69 Å². The van der Waals surface area contributed by atoms with E-state index in [1.807, 2.05) is 6.92 Å². The zero-order chi connectivity index (χ0) is 13.8. The van der Waals surface area contributed by atoms with Crippen LogP contribution in [-0.2, 0) is 16.6 Å². The van der Waals surface area contributed by atoms with Crippen LogP contribution in [0.15, 0.2) is 9.59 Å². The number of aromatic amines is 2. The first-order valence-electron chi connectivity index (χ1n) is 6.82. The molecule has 5 nitrogen and oxygen atoms in total. The van der Waals surface area contributed by atoms with Crippen molar-refractivity contribution < 1.29 is 4.79 Å². The van der Waals surface area contributed by atoms with Gasteiger partial charge in [-0.25, -0.2) is 4.79 Å². The molecule has 1 saturated carbocycles. The van der Waals surface area contributed by atoms with Gasteiger partial charge in [-0.15, -0.1) is 0 Å². The largest absolute Gasteiger partial charge is 0.325 e. The molecule has 0 amide bonds. The Morgan fingerprint density at radius 2 is 1.89 bits per heavy atom. The Kier molecular flexibility index (Phi) is 2.56. The molecule has 0 saturated heterocycles. The Balaban J connectivity index is 2.21. The molecule has 0 bridgehead atoms. The molecule has 3 atom stereocenters. The van der Waals surface area contributed by atoms with E-state index in [1.165, 1.54) is 0 Å². The van der Waals surface area contributed by atoms with E-state index in [2.05, 4.69) is 16.9 Å². The molecule has 2 aliphatic rings. The Labute approximate surface area is 110 Å². The number of nitrogens with one attached hydrogen (secondary N) is 2. The molecule has 2 N–H and O–H groups in total. The van der Waals surface area contributed by atoms with Crippen molar-refractivity contribution in [3.8, 4) is 0 Å². The molecule has 0 radical (unpaired) electrons. The average molecular weight is 262 g/mol. The molecule has 0 spiro atoms. The van der Waals surface area contributed by atoms with E-state index in [0.29, 0.717) is 30.6 Å². The first kappa shape index (κ1) is 12.4. The molecule has 102 valence electrons. The van der Waals surface area contributed by atoms with Gasteiger partial charge in [-0.1, -0.05) is 13.8 Å². The highest BCUT2D eigenvalue weighted by Gasteiger charge is 2.49. The number of H-pyrrole nitrogens is 2. The predicted octanol–water partition coefficient (Wildman–Crippen LogP) is 0.882. The van der Waals surface area contributed by atoms with Crippen LogP contribution in [0.3, 0.4) is 0 Å². The highest BCUT2D eigenvalue weighted by Crippen LogP contribution is 2.49. The molecule has 1 aromatic heterocycles. The van der Waals surface area contributed by atoms with E-state index in [9.17, 15) is 14.4 Å². The van der Waals surface area contributed by atoms with E-state index in [-0.39, 0.29) is 22.8 Å². The third kappa shape index (κ3) is 1.64. The van der Waals surface area contributed by atoms with Crippen LogP contribution in [0.2, 0.25) is 0 Å². The molecule has 5 heteroatoms. The van der Waals surface area contributed by atoms with Crippen molar-refractivity contribution >= 4 is 5.78 Å². The standard InChI is InChI=1S/C14H18N2O3/c1-7-9-4-3-8-11(15-13(19)16-12(8)18)14(9,2)6-5-10(7)17/h7,9H,3-6H2,1-2H3,(H2,15,16,18,19)/t7-,9-,14-/m0/s1. The van der Waals surface area contributed by atoms with Crippen LogP contribution in [0.4, 0.5) is 0 Å². The van der Waals surface area contributed by atoms with Gasteiger partial charge < -0.3 is 4.98 Å². The minimum atomic E-state index is -0.449. The third-order valence-electron chi connectivity index (χ3n) is 5.14. The molecule has 1 aromatic rings. The zero-order valence-electron chi connectivity index (χ0n) is 11.2. The van der Waals surface area contributed by atoms with Crippen LogP contribution < -0.4 is 11.2 Å². The number of carbonyl (C=O) groups is 1. The number of hydrogen-bond acceptors (Lipinski definition) is 3.